The van der Waals surface area contributed by atoms with Crippen LogP contribution in [0.3, 0.4) is 0 Å². The highest BCUT2D eigenvalue weighted by molar-refractivity contribution is 4.95. The Labute approximate surface area is 101 Å². The molecule has 0 heterocycles. The van der Waals surface area contributed by atoms with Crippen LogP contribution in [0.1, 0.15) is 45.4 Å². The molecule has 92 valence electrons. The van der Waals surface area contributed by atoms with Crippen molar-refractivity contribution < 1.29 is 0 Å². The van der Waals surface area contributed by atoms with Gasteiger partial charge in [-0.1, -0.05) is 32.4 Å². The Morgan fingerprint density at radius 2 is 1.94 bits per heavy atom. The number of nitrogens with zero attached hydrogens (tertiary/aromatic N) is 1. The highest BCUT2D eigenvalue weighted by atomic mass is 15.1. The van der Waals surface area contributed by atoms with Gasteiger partial charge in [0.15, 0.2) is 0 Å². The fourth-order valence-corrected chi connectivity index (χ4v) is 2.49. The molecule has 0 aromatic carbocycles. The number of allylic oxidation sites excluding steroid dienone is 2. The van der Waals surface area contributed by atoms with E-state index >= 15 is 0 Å². The Bertz CT molecular complexity index is 224. The van der Waals surface area contributed by atoms with Gasteiger partial charge in [-0.2, -0.15) is 0 Å². The molecule has 0 aromatic rings. The minimum atomic E-state index is 0.890. The van der Waals surface area contributed by atoms with Gasteiger partial charge in [-0.3, -0.25) is 0 Å². The summed E-state index contributed by atoms with van der Waals surface area (Å²) in [5.41, 5.74) is 1.26. The van der Waals surface area contributed by atoms with Crippen molar-refractivity contribution in [2.75, 3.05) is 13.6 Å². The third-order valence-electron chi connectivity index (χ3n) is 3.84. The van der Waals surface area contributed by atoms with Crippen LogP contribution in [0.15, 0.2) is 24.9 Å². The first-order chi connectivity index (χ1) is 7.63. The Balaban J connectivity index is 2.25. The first kappa shape index (κ1) is 13.3. The van der Waals surface area contributed by atoms with Gasteiger partial charge in [-0.15, -0.1) is 6.58 Å². The maximum absolute atomic E-state index is 4.15. The fourth-order valence-electron chi connectivity index (χ4n) is 2.49. The zero-order chi connectivity index (χ0) is 12.0. The first-order valence-electron chi connectivity index (χ1n) is 6.63. The lowest BCUT2D eigenvalue weighted by Crippen LogP contribution is -2.27. The topological polar surface area (TPSA) is 3.24 Å². The van der Waals surface area contributed by atoms with E-state index in [9.17, 15) is 0 Å². The maximum Gasteiger partial charge on any atom is 0.0199 e. The molecule has 16 heavy (non-hydrogen) atoms. The summed E-state index contributed by atoms with van der Waals surface area (Å²) >= 11 is 0. The lowest BCUT2D eigenvalue weighted by atomic mass is 9.83. The van der Waals surface area contributed by atoms with Gasteiger partial charge < -0.3 is 4.90 Å². The largest absolute Gasteiger partial charge is 0.378 e. The normalized spacial score (nSPS) is 25.1. The van der Waals surface area contributed by atoms with Crippen LogP contribution in [0.2, 0.25) is 0 Å². The molecule has 0 N–H and O–H groups in total. The van der Waals surface area contributed by atoms with E-state index in [2.05, 4.69) is 32.0 Å². The summed E-state index contributed by atoms with van der Waals surface area (Å²) in [6.07, 6.45) is 9.71. The van der Waals surface area contributed by atoms with Gasteiger partial charge in [0.05, 0.1) is 0 Å². The summed E-state index contributed by atoms with van der Waals surface area (Å²) in [4.78, 5) is 2.35. The summed E-state index contributed by atoms with van der Waals surface area (Å²) in [5, 5.41) is 0. The van der Waals surface area contributed by atoms with E-state index in [0.717, 1.165) is 24.7 Å². The first-order valence-corrected chi connectivity index (χ1v) is 6.63. The van der Waals surface area contributed by atoms with Crippen molar-refractivity contribution in [3.8, 4) is 0 Å². The Morgan fingerprint density at radius 1 is 1.31 bits per heavy atom. The zero-order valence-electron chi connectivity index (χ0n) is 11.0. The molecule has 0 atom stereocenters. The Morgan fingerprint density at radius 3 is 2.50 bits per heavy atom. The van der Waals surface area contributed by atoms with Crippen molar-refractivity contribution in [3.63, 3.8) is 0 Å². The number of hydrogen-bond donors (Lipinski definition) is 0. The van der Waals surface area contributed by atoms with Gasteiger partial charge in [-0.05, 0) is 37.5 Å². The third-order valence-corrected chi connectivity index (χ3v) is 3.84. The van der Waals surface area contributed by atoms with Crippen LogP contribution in [-0.4, -0.2) is 18.5 Å². The van der Waals surface area contributed by atoms with E-state index in [1.54, 1.807) is 0 Å². The molecule has 1 rings (SSSR count). The molecular weight excluding hydrogens is 194 g/mol. The van der Waals surface area contributed by atoms with E-state index in [1.165, 1.54) is 37.9 Å². The predicted molar refractivity (Wildman–Crippen MR) is 72.3 cm³/mol. The minimum Gasteiger partial charge on any atom is -0.378 e. The summed E-state index contributed by atoms with van der Waals surface area (Å²) < 4.78 is 0. The molecule has 0 aromatic heterocycles. The van der Waals surface area contributed by atoms with Crippen LogP contribution >= 0.6 is 0 Å². The molecule has 0 saturated heterocycles. The molecule has 0 aliphatic heterocycles. The number of hydrogen-bond acceptors (Lipinski definition) is 1. The minimum absolute atomic E-state index is 0.890. The molecular formula is C15H27N. The van der Waals surface area contributed by atoms with Crippen molar-refractivity contribution in [2.45, 2.75) is 45.4 Å². The van der Waals surface area contributed by atoms with Crippen LogP contribution in [0.4, 0.5) is 0 Å². The molecule has 1 heteroatoms. The van der Waals surface area contributed by atoms with E-state index in [4.69, 9.17) is 0 Å². The third kappa shape index (κ3) is 4.42. The Hall–Kier alpha value is -0.720. The van der Waals surface area contributed by atoms with E-state index in [1.807, 2.05) is 6.08 Å². The lowest BCUT2D eigenvalue weighted by Gasteiger charge is -2.31. The van der Waals surface area contributed by atoms with E-state index in [-0.39, 0.29) is 0 Å². The molecule has 0 spiro atoms. The predicted octanol–water partition coefficient (Wildman–Crippen LogP) is 4.22. The molecule has 0 unspecified atom stereocenters. The lowest BCUT2D eigenvalue weighted by molar-refractivity contribution is 0.232. The molecule has 1 fully saturated rings. The van der Waals surface area contributed by atoms with Gasteiger partial charge >= 0.3 is 0 Å². The van der Waals surface area contributed by atoms with Gasteiger partial charge in [0, 0.05) is 19.3 Å². The van der Waals surface area contributed by atoms with Crippen LogP contribution in [0.25, 0.3) is 0 Å². The quantitative estimate of drug-likeness (QED) is 0.607. The van der Waals surface area contributed by atoms with Crippen molar-refractivity contribution in [1.29, 1.82) is 0 Å². The van der Waals surface area contributed by atoms with Crippen molar-refractivity contribution in [2.24, 2.45) is 11.8 Å². The second-order valence-corrected chi connectivity index (χ2v) is 5.40. The molecule has 0 radical (unpaired) electrons. The van der Waals surface area contributed by atoms with E-state index in [0.29, 0.717) is 0 Å². The van der Waals surface area contributed by atoms with Gasteiger partial charge in [-0.25, -0.2) is 0 Å². The monoisotopic (exact) mass is 221 g/mol. The average Bonchev–Trinajstić information content (AvgIpc) is 2.29. The van der Waals surface area contributed by atoms with Gasteiger partial charge in [0.25, 0.3) is 0 Å². The standard InChI is InChI=1S/C15H27N/c1-5-6-7-14(3)16(4)12-15-10-8-13(2)9-11-15/h5,13,15H,1,3,6-12H2,2,4H3. The highest BCUT2D eigenvalue weighted by Crippen LogP contribution is 2.29. The van der Waals surface area contributed by atoms with Crippen LogP contribution in [-0.2, 0) is 0 Å². The van der Waals surface area contributed by atoms with Gasteiger partial charge in [0.2, 0.25) is 0 Å². The van der Waals surface area contributed by atoms with Crippen LogP contribution in [0, 0.1) is 11.8 Å². The highest BCUT2D eigenvalue weighted by Gasteiger charge is 2.19. The summed E-state index contributed by atoms with van der Waals surface area (Å²) in [6.45, 7) is 11.5. The molecule has 0 amide bonds. The summed E-state index contributed by atoms with van der Waals surface area (Å²) in [6, 6.07) is 0. The van der Waals surface area contributed by atoms with Crippen molar-refractivity contribution >= 4 is 0 Å². The summed E-state index contributed by atoms with van der Waals surface area (Å²) in [7, 11) is 2.18. The summed E-state index contributed by atoms with van der Waals surface area (Å²) in [5.74, 6) is 1.84. The van der Waals surface area contributed by atoms with E-state index < -0.39 is 0 Å². The molecule has 1 aliphatic rings. The van der Waals surface area contributed by atoms with Crippen molar-refractivity contribution in [1.82, 2.24) is 4.90 Å². The second-order valence-electron chi connectivity index (χ2n) is 5.40. The number of rotatable bonds is 6. The zero-order valence-corrected chi connectivity index (χ0v) is 11.0. The van der Waals surface area contributed by atoms with Crippen LogP contribution in [0.5, 0.6) is 0 Å². The van der Waals surface area contributed by atoms with Crippen molar-refractivity contribution in [3.05, 3.63) is 24.9 Å². The molecule has 1 nitrogen and oxygen atoms in total. The fraction of sp³-hybridized carbons (Fsp3) is 0.733. The Kier molecular flexibility index (Phi) is 5.65. The SMILES string of the molecule is C=CCCC(=C)N(C)CC1CCC(C)CC1. The average molecular weight is 221 g/mol. The molecule has 1 aliphatic carbocycles. The smallest absolute Gasteiger partial charge is 0.0199 e. The molecule has 1 saturated carbocycles. The van der Waals surface area contributed by atoms with Crippen LogP contribution < -0.4 is 0 Å². The molecule has 0 bridgehead atoms. The second kappa shape index (κ2) is 6.78. The maximum atomic E-state index is 4.15. The van der Waals surface area contributed by atoms with Gasteiger partial charge in [0.1, 0.15) is 0 Å².